The van der Waals surface area contributed by atoms with Crippen LogP contribution in [0.3, 0.4) is 0 Å². The van der Waals surface area contributed by atoms with Gasteiger partial charge in [0.25, 0.3) is 0 Å². The molecule has 8 heteroatoms. The molecule has 0 radical (unpaired) electrons. The van der Waals surface area contributed by atoms with E-state index in [0.717, 1.165) is 11.4 Å². The quantitative estimate of drug-likeness (QED) is 0.614. The van der Waals surface area contributed by atoms with Crippen molar-refractivity contribution in [3.8, 4) is 0 Å². The van der Waals surface area contributed by atoms with Crippen LogP contribution >= 0.6 is 0 Å². The van der Waals surface area contributed by atoms with E-state index in [2.05, 4.69) is 25.5 Å². The van der Waals surface area contributed by atoms with Crippen LogP contribution in [0.4, 0.5) is 23.1 Å². The molecule has 0 unspecified atom stereocenters. The van der Waals surface area contributed by atoms with Crippen molar-refractivity contribution in [1.29, 1.82) is 0 Å². The predicted octanol–water partition coefficient (Wildman–Crippen LogP) is 1.03. The molecule has 0 saturated heterocycles. The Balaban J connectivity index is 1.96. The van der Waals surface area contributed by atoms with Crippen LogP contribution in [-0.2, 0) is 4.79 Å². The minimum absolute atomic E-state index is 0.109. The molecule has 0 atom stereocenters. The van der Waals surface area contributed by atoms with Crippen molar-refractivity contribution in [2.45, 2.75) is 0 Å². The number of carbonyl (C=O) groups excluding carboxylic acids is 1. The molecule has 3 aromatic rings. The van der Waals surface area contributed by atoms with E-state index in [4.69, 9.17) is 5.73 Å². The lowest BCUT2D eigenvalue weighted by Crippen LogP contribution is -2.35. The molecule has 3 heterocycles. The minimum Gasteiger partial charge on any atom is -0.368 e. The van der Waals surface area contributed by atoms with Gasteiger partial charge in [-0.25, -0.2) is 0 Å². The van der Waals surface area contributed by atoms with Gasteiger partial charge in [-0.1, -0.05) is 12.1 Å². The monoisotopic (exact) mass is 281 g/mol. The van der Waals surface area contributed by atoms with E-state index in [-0.39, 0.29) is 18.4 Å². The van der Waals surface area contributed by atoms with E-state index in [1.807, 2.05) is 29.2 Å². The fraction of sp³-hybridized carbons (Fsp3) is 0.0769. The number of fused-ring (bicyclic) bond motifs is 2. The summed E-state index contributed by atoms with van der Waals surface area (Å²) in [6.07, 6.45) is 1.62. The van der Waals surface area contributed by atoms with Gasteiger partial charge < -0.3 is 16.0 Å². The smallest absolute Gasteiger partial charge is 0.244 e. The molecule has 0 saturated carbocycles. The van der Waals surface area contributed by atoms with Gasteiger partial charge in [0.1, 0.15) is 12.4 Å². The predicted molar refractivity (Wildman–Crippen MR) is 78.2 cm³/mol. The highest BCUT2D eigenvalue weighted by atomic mass is 16.2. The van der Waals surface area contributed by atoms with E-state index >= 15 is 0 Å². The van der Waals surface area contributed by atoms with Crippen LogP contribution in [0.1, 0.15) is 0 Å². The Labute approximate surface area is 119 Å². The van der Waals surface area contributed by atoms with Crippen molar-refractivity contribution >= 4 is 40.1 Å². The maximum absolute atomic E-state index is 11.9. The summed E-state index contributed by atoms with van der Waals surface area (Å²) in [6.45, 7) is 0.160. The van der Waals surface area contributed by atoms with Crippen molar-refractivity contribution in [1.82, 2.24) is 20.2 Å². The van der Waals surface area contributed by atoms with Crippen LogP contribution in [0, 0.1) is 0 Å². The summed E-state index contributed by atoms with van der Waals surface area (Å²) in [5, 5.41) is 10.3. The van der Waals surface area contributed by atoms with Gasteiger partial charge in [0, 0.05) is 0 Å². The second-order valence-corrected chi connectivity index (χ2v) is 4.69. The highest BCUT2D eigenvalue weighted by Crippen LogP contribution is 2.36. The van der Waals surface area contributed by atoms with Crippen molar-refractivity contribution in [2.24, 2.45) is 0 Å². The van der Waals surface area contributed by atoms with Gasteiger partial charge in [-0.05, 0) is 12.1 Å². The zero-order chi connectivity index (χ0) is 14.4. The highest BCUT2D eigenvalue weighted by molar-refractivity contribution is 6.05. The number of nitrogen functional groups attached to an aromatic ring is 1. The number of amides is 1. The number of H-pyrrole nitrogens is 1. The molecular formula is C13H11N7O. The summed E-state index contributed by atoms with van der Waals surface area (Å²) >= 11 is 0. The first-order valence-corrected chi connectivity index (χ1v) is 6.35. The van der Waals surface area contributed by atoms with Crippen molar-refractivity contribution < 1.29 is 4.79 Å². The Bertz CT molecular complexity index is 857. The molecule has 21 heavy (non-hydrogen) atoms. The van der Waals surface area contributed by atoms with Crippen LogP contribution < -0.4 is 16.0 Å². The standard InChI is InChI=1S/C13H11N7O/c14-13-17-11-7(5-15-19-11)12(18-13)20-6-10(21)16-8-3-1-2-4-9(8)20/h1-5H,6H2,(H,16,21)(H3,14,15,17,18,19). The highest BCUT2D eigenvalue weighted by Gasteiger charge is 2.26. The number of hydrogen-bond donors (Lipinski definition) is 3. The number of hydrogen-bond acceptors (Lipinski definition) is 6. The third-order valence-electron chi connectivity index (χ3n) is 3.33. The molecule has 1 aliphatic heterocycles. The third-order valence-corrected chi connectivity index (χ3v) is 3.33. The van der Waals surface area contributed by atoms with E-state index in [1.165, 1.54) is 0 Å². The zero-order valence-electron chi connectivity index (χ0n) is 10.9. The van der Waals surface area contributed by atoms with Crippen LogP contribution in [0.5, 0.6) is 0 Å². The molecule has 0 spiro atoms. The lowest BCUT2D eigenvalue weighted by atomic mass is 10.2. The fourth-order valence-corrected chi connectivity index (χ4v) is 2.46. The summed E-state index contributed by atoms with van der Waals surface area (Å²) in [6, 6.07) is 7.53. The summed E-state index contributed by atoms with van der Waals surface area (Å²) < 4.78 is 0. The maximum Gasteiger partial charge on any atom is 0.244 e. The van der Waals surface area contributed by atoms with Crippen LogP contribution in [0.15, 0.2) is 30.5 Å². The second-order valence-electron chi connectivity index (χ2n) is 4.69. The van der Waals surface area contributed by atoms with Gasteiger partial charge in [0.15, 0.2) is 5.65 Å². The number of aromatic nitrogens is 4. The topological polar surface area (TPSA) is 113 Å². The first kappa shape index (κ1) is 11.6. The summed E-state index contributed by atoms with van der Waals surface area (Å²) in [5.41, 5.74) is 7.89. The van der Waals surface area contributed by atoms with E-state index in [1.54, 1.807) is 6.20 Å². The summed E-state index contributed by atoms with van der Waals surface area (Å²) in [5.74, 6) is 0.585. The van der Waals surface area contributed by atoms with Gasteiger partial charge in [0.05, 0.1) is 23.0 Å². The number of benzene rings is 1. The van der Waals surface area contributed by atoms with E-state index < -0.39 is 0 Å². The molecule has 104 valence electrons. The van der Waals surface area contributed by atoms with E-state index in [9.17, 15) is 4.79 Å². The molecular weight excluding hydrogens is 270 g/mol. The van der Waals surface area contributed by atoms with Crippen LogP contribution in [-0.4, -0.2) is 32.6 Å². The number of nitrogens with two attached hydrogens (primary N) is 1. The van der Waals surface area contributed by atoms with E-state index in [0.29, 0.717) is 16.9 Å². The number of aromatic amines is 1. The molecule has 0 fully saturated rings. The molecule has 0 bridgehead atoms. The summed E-state index contributed by atoms with van der Waals surface area (Å²) in [7, 11) is 0. The van der Waals surface area contributed by atoms with Crippen molar-refractivity contribution in [3.05, 3.63) is 30.5 Å². The number of nitrogens with one attached hydrogen (secondary N) is 2. The molecule has 4 N–H and O–H groups in total. The summed E-state index contributed by atoms with van der Waals surface area (Å²) in [4.78, 5) is 22.1. The van der Waals surface area contributed by atoms with Gasteiger partial charge in [-0.2, -0.15) is 15.1 Å². The SMILES string of the molecule is Nc1nc(N2CC(=O)Nc3ccccc32)c2cn[nH]c2n1. The number of para-hydroxylation sites is 2. The van der Waals surface area contributed by atoms with Crippen LogP contribution in [0.2, 0.25) is 0 Å². The van der Waals surface area contributed by atoms with Gasteiger partial charge >= 0.3 is 0 Å². The lowest BCUT2D eigenvalue weighted by Gasteiger charge is -2.30. The fourth-order valence-electron chi connectivity index (χ4n) is 2.46. The van der Waals surface area contributed by atoms with Gasteiger partial charge in [-0.3, -0.25) is 9.89 Å². The Hall–Kier alpha value is -3.16. The second kappa shape index (κ2) is 4.17. The zero-order valence-corrected chi connectivity index (χ0v) is 10.9. The molecule has 1 aliphatic rings. The largest absolute Gasteiger partial charge is 0.368 e. The Morgan fingerprint density at radius 3 is 3.00 bits per heavy atom. The van der Waals surface area contributed by atoms with Gasteiger partial charge in [-0.15, -0.1) is 0 Å². The first-order chi connectivity index (χ1) is 10.2. The lowest BCUT2D eigenvalue weighted by molar-refractivity contribution is -0.115. The Morgan fingerprint density at radius 2 is 2.10 bits per heavy atom. The minimum atomic E-state index is -0.109. The molecule has 2 aromatic heterocycles. The molecule has 8 nitrogen and oxygen atoms in total. The average Bonchev–Trinajstić information content (AvgIpc) is 2.93. The third kappa shape index (κ3) is 1.76. The number of anilines is 4. The van der Waals surface area contributed by atoms with Crippen LogP contribution in [0.25, 0.3) is 11.0 Å². The molecule has 1 aromatic carbocycles. The van der Waals surface area contributed by atoms with Gasteiger partial charge in [0.2, 0.25) is 11.9 Å². The maximum atomic E-state index is 11.9. The van der Waals surface area contributed by atoms with Crippen molar-refractivity contribution in [2.75, 3.05) is 22.5 Å². The number of nitrogens with zero attached hydrogens (tertiary/aromatic N) is 4. The molecule has 1 amide bonds. The Morgan fingerprint density at radius 1 is 1.24 bits per heavy atom. The molecule has 0 aliphatic carbocycles. The molecule has 4 rings (SSSR count). The normalized spacial score (nSPS) is 14.1. The first-order valence-electron chi connectivity index (χ1n) is 6.35. The number of rotatable bonds is 1. The average molecular weight is 281 g/mol. The van der Waals surface area contributed by atoms with Crippen molar-refractivity contribution in [3.63, 3.8) is 0 Å². The Kier molecular flexibility index (Phi) is 2.31. The number of carbonyl (C=O) groups is 1.